The van der Waals surface area contributed by atoms with Gasteiger partial charge in [0.1, 0.15) is 19.0 Å². The van der Waals surface area contributed by atoms with Crippen LogP contribution in [-0.4, -0.2) is 25.7 Å². The fraction of sp³-hybridized carbons (Fsp3) is 0.381. The Kier molecular flexibility index (Phi) is 4.01. The second-order valence-electron chi connectivity index (χ2n) is 7.33. The van der Waals surface area contributed by atoms with Crippen molar-refractivity contribution in [1.82, 2.24) is 5.32 Å². The molecule has 0 spiro atoms. The van der Waals surface area contributed by atoms with Gasteiger partial charge in [0.05, 0.1) is 5.69 Å². The minimum absolute atomic E-state index is 0.123. The average molecular weight is 368 g/mol. The summed E-state index contributed by atoms with van der Waals surface area (Å²) in [6.07, 6.45) is 1.41. The number of rotatable bonds is 3. The third kappa shape index (κ3) is 3.04. The number of hydrogen-bond acceptors (Lipinski definition) is 4. The van der Waals surface area contributed by atoms with Crippen LogP contribution in [0.2, 0.25) is 0 Å². The summed E-state index contributed by atoms with van der Waals surface area (Å²) >= 11 is 0. The molecule has 27 heavy (non-hydrogen) atoms. The third-order valence-corrected chi connectivity index (χ3v) is 5.59. The fourth-order valence-electron chi connectivity index (χ4n) is 4.00. The molecule has 0 aromatic heterocycles. The lowest BCUT2D eigenvalue weighted by atomic mass is 9.99. The maximum absolute atomic E-state index is 14.7. The molecule has 5 nitrogen and oxygen atoms in total. The second kappa shape index (κ2) is 6.53. The van der Waals surface area contributed by atoms with Crippen LogP contribution in [0.15, 0.2) is 30.3 Å². The number of amides is 1. The van der Waals surface area contributed by atoms with Crippen molar-refractivity contribution in [3.8, 4) is 11.5 Å². The first-order valence-electron chi connectivity index (χ1n) is 9.42. The van der Waals surface area contributed by atoms with Gasteiger partial charge in [-0.2, -0.15) is 0 Å². The van der Waals surface area contributed by atoms with E-state index >= 15 is 0 Å². The zero-order valence-electron chi connectivity index (χ0n) is 14.9. The Balaban J connectivity index is 1.29. The molecule has 1 fully saturated rings. The van der Waals surface area contributed by atoms with Crippen LogP contribution >= 0.6 is 0 Å². The molecular weight excluding hydrogens is 347 g/mol. The van der Waals surface area contributed by atoms with Crippen LogP contribution in [0.3, 0.4) is 0 Å². The maximum Gasteiger partial charge on any atom is 0.228 e. The maximum atomic E-state index is 14.7. The summed E-state index contributed by atoms with van der Waals surface area (Å²) in [5.41, 5.74) is 3.04. The van der Waals surface area contributed by atoms with Crippen LogP contribution in [0.25, 0.3) is 0 Å². The molecule has 1 saturated carbocycles. The Bertz CT molecular complexity index is 915. The lowest BCUT2D eigenvalue weighted by Crippen LogP contribution is -2.25. The van der Waals surface area contributed by atoms with E-state index in [1.807, 2.05) is 24.3 Å². The van der Waals surface area contributed by atoms with E-state index in [0.717, 1.165) is 35.6 Å². The van der Waals surface area contributed by atoms with Crippen molar-refractivity contribution in [2.24, 2.45) is 5.92 Å². The monoisotopic (exact) mass is 368 g/mol. The van der Waals surface area contributed by atoms with Gasteiger partial charge in [-0.15, -0.1) is 0 Å². The molecule has 0 bridgehead atoms. The Morgan fingerprint density at radius 1 is 1.15 bits per heavy atom. The molecule has 2 aromatic carbocycles. The van der Waals surface area contributed by atoms with Crippen molar-refractivity contribution in [2.45, 2.75) is 25.3 Å². The van der Waals surface area contributed by atoms with Crippen molar-refractivity contribution in [1.29, 1.82) is 0 Å². The first kappa shape index (κ1) is 16.6. The zero-order valence-corrected chi connectivity index (χ0v) is 14.9. The zero-order chi connectivity index (χ0) is 18.4. The number of nitrogens with one attached hydrogen (secondary N) is 2. The van der Waals surface area contributed by atoms with E-state index < -0.39 is 0 Å². The molecular formula is C21H21FN2O3. The van der Waals surface area contributed by atoms with E-state index in [-0.39, 0.29) is 29.2 Å². The van der Waals surface area contributed by atoms with Gasteiger partial charge in [-0.3, -0.25) is 4.79 Å². The predicted octanol–water partition coefficient (Wildman–Crippen LogP) is 2.98. The summed E-state index contributed by atoms with van der Waals surface area (Å²) in [5.74, 6) is 1.08. The number of halogens is 1. The molecule has 6 heteroatoms. The molecule has 3 aliphatic rings. The summed E-state index contributed by atoms with van der Waals surface area (Å²) in [6.45, 7) is 2.53. The van der Waals surface area contributed by atoms with E-state index in [4.69, 9.17) is 9.47 Å². The predicted molar refractivity (Wildman–Crippen MR) is 98.7 cm³/mol. The molecule has 1 aliphatic carbocycles. The standard InChI is InChI=1S/C21H21FN2O3/c22-20-14-5-6-23-11-13(14)1-3-17(20)24-21(25)16-10-15(16)12-2-4-18-19(9-12)27-8-7-26-18/h1-4,9,15-16,23H,5-8,10-11H2,(H,24,25). The third-order valence-electron chi connectivity index (χ3n) is 5.59. The molecule has 1 amide bonds. The summed E-state index contributed by atoms with van der Waals surface area (Å²) < 4.78 is 25.9. The number of ether oxygens (including phenoxy) is 2. The minimum Gasteiger partial charge on any atom is -0.486 e. The van der Waals surface area contributed by atoms with Gasteiger partial charge in [-0.25, -0.2) is 4.39 Å². The highest BCUT2D eigenvalue weighted by molar-refractivity contribution is 5.95. The molecule has 2 aromatic rings. The van der Waals surface area contributed by atoms with Gasteiger partial charge in [0.25, 0.3) is 0 Å². The number of anilines is 1. The summed E-state index contributed by atoms with van der Waals surface area (Å²) in [7, 11) is 0. The molecule has 0 saturated heterocycles. The average Bonchev–Trinajstić information content (AvgIpc) is 3.51. The number of benzene rings is 2. The second-order valence-corrected chi connectivity index (χ2v) is 7.33. The van der Waals surface area contributed by atoms with Gasteiger partial charge in [0.2, 0.25) is 5.91 Å². The fourth-order valence-corrected chi connectivity index (χ4v) is 4.00. The van der Waals surface area contributed by atoms with E-state index in [9.17, 15) is 9.18 Å². The summed E-state index contributed by atoms with van der Waals surface area (Å²) in [6, 6.07) is 9.40. The smallest absolute Gasteiger partial charge is 0.228 e. The number of carbonyl (C=O) groups is 1. The molecule has 2 N–H and O–H groups in total. The number of hydrogen-bond donors (Lipinski definition) is 2. The van der Waals surface area contributed by atoms with E-state index in [1.165, 1.54) is 0 Å². The molecule has 2 heterocycles. The van der Waals surface area contributed by atoms with Gasteiger partial charge in [-0.05, 0) is 60.2 Å². The van der Waals surface area contributed by atoms with Crippen LogP contribution in [0, 0.1) is 11.7 Å². The van der Waals surface area contributed by atoms with Gasteiger partial charge in [0, 0.05) is 12.5 Å². The van der Waals surface area contributed by atoms with E-state index in [2.05, 4.69) is 10.6 Å². The highest BCUT2D eigenvalue weighted by Crippen LogP contribution is 2.50. The van der Waals surface area contributed by atoms with Crippen molar-refractivity contribution in [3.63, 3.8) is 0 Å². The normalized spacial score (nSPS) is 22.7. The van der Waals surface area contributed by atoms with Crippen LogP contribution < -0.4 is 20.1 Å². The summed E-state index contributed by atoms with van der Waals surface area (Å²) in [5, 5.41) is 6.02. The van der Waals surface area contributed by atoms with E-state index in [1.54, 1.807) is 6.07 Å². The lowest BCUT2D eigenvalue weighted by Gasteiger charge is -2.19. The topological polar surface area (TPSA) is 59.6 Å². The highest BCUT2D eigenvalue weighted by atomic mass is 19.1. The quantitative estimate of drug-likeness (QED) is 0.875. The first-order chi connectivity index (χ1) is 13.2. The van der Waals surface area contributed by atoms with Crippen LogP contribution in [0.1, 0.15) is 29.0 Å². The van der Waals surface area contributed by atoms with Crippen molar-refractivity contribution >= 4 is 11.6 Å². The largest absolute Gasteiger partial charge is 0.486 e. The van der Waals surface area contributed by atoms with Crippen LogP contribution in [0.4, 0.5) is 10.1 Å². The number of fused-ring (bicyclic) bond motifs is 2. The van der Waals surface area contributed by atoms with E-state index in [0.29, 0.717) is 31.7 Å². The highest BCUT2D eigenvalue weighted by Gasteiger charge is 2.44. The summed E-state index contributed by atoms with van der Waals surface area (Å²) in [4.78, 5) is 12.6. The molecule has 5 rings (SSSR count). The van der Waals surface area contributed by atoms with Gasteiger partial charge < -0.3 is 20.1 Å². The molecule has 2 atom stereocenters. The molecule has 2 aliphatic heterocycles. The van der Waals surface area contributed by atoms with Crippen LogP contribution in [0.5, 0.6) is 11.5 Å². The Labute approximate surface area is 156 Å². The van der Waals surface area contributed by atoms with Gasteiger partial charge in [0.15, 0.2) is 11.5 Å². The van der Waals surface area contributed by atoms with Crippen LogP contribution in [-0.2, 0) is 17.8 Å². The molecule has 2 unspecified atom stereocenters. The Morgan fingerprint density at radius 2 is 2.00 bits per heavy atom. The minimum atomic E-state index is -0.293. The van der Waals surface area contributed by atoms with Crippen molar-refractivity contribution in [3.05, 3.63) is 52.8 Å². The Morgan fingerprint density at radius 3 is 2.89 bits per heavy atom. The van der Waals surface area contributed by atoms with Gasteiger partial charge >= 0.3 is 0 Å². The molecule has 0 radical (unpaired) electrons. The number of carbonyl (C=O) groups excluding carboxylic acids is 1. The van der Waals surface area contributed by atoms with Crippen molar-refractivity contribution < 1.29 is 18.7 Å². The Hall–Kier alpha value is -2.60. The lowest BCUT2D eigenvalue weighted by molar-refractivity contribution is -0.117. The van der Waals surface area contributed by atoms with Gasteiger partial charge in [-0.1, -0.05) is 12.1 Å². The molecule has 140 valence electrons. The first-order valence-corrected chi connectivity index (χ1v) is 9.42. The van der Waals surface area contributed by atoms with Crippen molar-refractivity contribution in [2.75, 3.05) is 25.1 Å². The SMILES string of the molecule is O=C(Nc1ccc2c(c1F)CCNC2)C1CC1c1ccc2c(c1)OCCO2.